The molecular weight excluding hydrogens is 242 g/mol. The zero-order valence-electron chi connectivity index (χ0n) is 10.9. The third-order valence-corrected chi connectivity index (χ3v) is 2.75. The molecule has 0 saturated heterocycles. The van der Waals surface area contributed by atoms with Gasteiger partial charge in [0.05, 0.1) is 12.3 Å². The van der Waals surface area contributed by atoms with Crippen LogP contribution in [0.3, 0.4) is 0 Å². The van der Waals surface area contributed by atoms with Crippen molar-refractivity contribution in [3.8, 4) is 17.0 Å². The molecule has 98 valence electrons. The Bertz CT molecular complexity index is 608. The fraction of sp³-hybridized carbons (Fsp3) is 0.200. The Morgan fingerprint density at radius 2 is 2.11 bits per heavy atom. The van der Waals surface area contributed by atoms with Gasteiger partial charge in [-0.3, -0.25) is 0 Å². The number of hydrogen-bond donors (Lipinski definition) is 1. The summed E-state index contributed by atoms with van der Waals surface area (Å²) in [5.41, 5.74) is 2.61. The molecule has 0 aliphatic heterocycles. The van der Waals surface area contributed by atoms with Crippen LogP contribution in [0.2, 0.25) is 0 Å². The molecule has 0 fully saturated rings. The minimum Gasteiger partial charge on any atom is -0.494 e. The fourth-order valence-corrected chi connectivity index (χ4v) is 1.88. The topological polar surface area (TPSA) is 59.4 Å². The van der Waals surface area contributed by atoms with Crippen molar-refractivity contribution in [3.63, 3.8) is 0 Å². The normalized spacial score (nSPS) is 10.2. The fourth-order valence-electron chi connectivity index (χ4n) is 1.88. The summed E-state index contributed by atoms with van der Waals surface area (Å²) < 4.78 is 5.42. The van der Waals surface area contributed by atoms with Crippen molar-refractivity contribution in [3.05, 3.63) is 47.7 Å². The van der Waals surface area contributed by atoms with Gasteiger partial charge >= 0.3 is 5.97 Å². The number of pyridine rings is 1. The first-order chi connectivity index (χ1) is 9.11. The van der Waals surface area contributed by atoms with Gasteiger partial charge in [0.2, 0.25) is 0 Å². The van der Waals surface area contributed by atoms with Crippen LogP contribution in [0.25, 0.3) is 11.3 Å². The van der Waals surface area contributed by atoms with Gasteiger partial charge in [0.15, 0.2) is 0 Å². The highest BCUT2D eigenvalue weighted by Crippen LogP contribution is 2.25. The summed E-state index contributed by atoms with van der Waals surface area (Å²) in [7, 11) is 0. The molecule has 0 aliphatic carbocycles. The summed E-state index contributed by atoms with van der Waals surface area (Å²) in [6.45, 7) is 4.50. The lowest BCUT2D eigenvalue weighted by molar-refractivity contribution is 0.0690. The summed E-state index contributed by atoms with van der Waals surface area (Å²) >= 11 is 0. The number of aromatic carboxylic acids is 1. The Kier molecular flexibility index (Phi) is 3.80. The summed E-state index contributed by atoms with van der Waals surface area (Å²) in [4.78, 5) is 15.1. The molecular formula is C15H15NO3. The first-order valence-corrected chi connectivity index (χ1v) is 6.06. The molecule has 0 bridgehead atoms. The number of nitrogens with zero attached hydrogens (tertiary/aromatic N) is 1. The monoisotopic (exact) mass is 257 g/mol. The first-order valence-electron chi connectivity index (χ1n) is 6.06. The molecule has 0 unspecified atom stereocenters. The molecule has 2 rings (SSSR count). The molecule has 1 aromatic heterocycles. The Hall–Kier alpha value is -2.36. The second-order valence-corrected chi connectivity index (χ2v) is 4.12. The number of carboxylic acid groups (broad SMARTS) is 1. The predicted octanol–water partition coefficient (Wildman–Crippen LogP) is 3.15. The van der Waals surface area contributed by atoms with E-state index in [0.29, 0.717) is 12.3 Å². The van der Waals surface area contributed by atoms with Gasteiger partial charge in [-0.15, -0.1) is 0 Å². The van der Waals surface area contributed by atoms with E-state index in [1.165, 1.54) is 6.07 Å². The number of hydrogen-bond acceptors (Lipinski definition) is 3. The zero-order valence-corrected chi connectivity index (χ0v) is 10.9. The molecule has 1 heterocycles. The predicted molar refractivity (Wildman–Crippen MR) is 72.5 cm³/mol. The highest BCUT2D eigenvalue weighted by Gasteiger charge is 2.09. The molecule has 19 heavy (non-hydrogen) atoms. The minimum absolute atomic E-state index is 0.0470. The SMILES string of the molecule is CCOc1ccc(-c2cccc(C(=O)O)n2)c(C)c1. The second-order valence-electron chi connectivity index (χ2n) is 4.12. The third-order valence-electron chi connectivity index (χ3n) is 2.75. The lowest BCUT2D eigenvalue weighted by Gasteiger charge is -2.09. The van der Waals surface area contributed by atoms with Crippen molar-refractivity contribution < 1.29 is 14.6 Å². The molecule has 1 N–H and O–H groups in total. The zero-order chi connectivity index (χ0) is 13.8. The molecule has 0 aliphatic rings. The van der Waals surface area contributed by atoms with Crippen molar-refractivity contribution in [2.75, 3.05) is 6.61 Å². The Morgan fingerprint density at radius 3 is 2.74 bits per heavy atom. The van der Waals surface area contributed by atoms with Crippen LogP contribution in [0.5, 0.6) is 5.75 Å². The van der Waals surface area contributed by atoms with Gasteiger partial charge in [-0.25, -0.2) is 9.78 Å². The number of rotatable bonds is 4. The molecule has 0 amide bonds. The number of benzene rings is 1. The summed E-state index contributed by atoms with van der Waals surface area (Å²) in [6, 6.07) is 10.7. The Labute approximate surface area is 111 Å². The van der Waals surface area contributed by atoms with Crippen LogP contribution in [-0.4, -0.2) is 22.7 Å². The van der Waals surface area contributed by atoms with Crippen molar-refractivity contribution >= 4 is 5.97 Å². The van der Waals surface area contributed by atoms with E-state index in [-0.39, 0.29) is 5.69 Å². The van der Waals surface area contributed by atoms with Gasteiger partial charge in [0, 0.05) is 5.56 Å². The molecule has 4 heteroatoms. The van der Waals surface area contributed by atoms with Gasteiger partial charge in [-0.2, -0.15) is 0 Å². The molecule has 0 radical (unpaired) electrons. The molecule has 0 saturated carbocycles. The summed E-state index contributed by atoms with van der Waals surface area (Å²) in [5, 5.41) is 8.96. The quantitative estimate of drug-likeness (QED) is 0.914. The largest absolute Gasteiger partial charge is 0.494 e. The third kappa shape index (κ3) is 2.91. The lowest BCUT2D eigenvalue weighted by atomic mass is 10.0. The molecule has 4 nitrogen and oxygen atoms in total. The Balaban J connectivity index is 2.41. The number of ether oxygens (including phenoxy) is 1. The maximum atomic E-state index is 10.9. The van der Waals surface area contributed by atoms with Crippen LogP contribution in [0.1, 0.15) is 23.0 Å². The van der Waals surface area contributed by atoms with Crippen LogP contribution in [0.4, 0.5) is 0 Å². The number of carboxylic acids is 1. The maximum absolute atomic E-state index is 10.9. The van der Waals surface area contributed by atoms with E-state index in [2.05, 4.69) is 4.98 Å². The van der Waals surface area contributed by atoms with Crippen LogP contribution in [-0.2, 0) is 0 Å². The van der Waals surface area contributed by atoms with E-state index < -0.39 is 5.97 Å². The average molecular weight is 257 g/mol. The van der Waals surface area contributed by atoms with Crippen LogP contribution in [0, 0.1) is 6.92 Å². The van der Waals surface area contributed by atoms with Crippen LogP contribution in [0.15, 0.2) is 36.4 Å². The highest BCUT2D eigenvalue weighted by atomic mass is 16.5. The van der Waals surface area contributed by atoms with Gasteiger partial charge in [-0.05, 0) is 49.7 Å². The molecule has 2 aromatic rings. The summed E-state index contributed by atoms with van der Waals surface area (Å²) in [5.74, 6) is -0.219. The smallest absolute Gasteiger partial charge is 0.354 e. The number of aryl methyl sites for hydroxylation is 1. The van der Waals surface area contributed by atoms with E-state index >= 15 is 0 Å². The highest BCUT2D eigenvalue weighted by molar-refractivity contribution is 5.86. The first kappa shape index (κ1) is 13.1. The molecule has 0 atom stereocenters. The van der Waals surface area contributed by atoms with Crippen LogP contribution < -0.4 is 4.74 Å². The van der Waals surface area contributed by atoms with E-state index in [4.69, 9.17) is 9.84 Å². The molecule has 0 spiro atoms. The van der Waals surface area contributed by atoms with Crippen LogP contribution >= 0.6 is 0 Å². The Morgan fingerprint density at radius 1 is 1.32 bits per heavy atom. The van der Waals surface area contributed by atoms with Gasteiger partial charge < -0.3 is 9.84 Å². The van der Waals surface area contributed by atoms with Crippen molar-refractivity contribution in [1.29, 1.82) is 0 Å². The van der Waals surface area contributed by atoms with E-state index in [9.17, 15) is 4.79 Å². The van der Waals surface area contributed by atoms with Gasteiger partial charge in [0.1, 0.15) is 11.4 Å². The summed E-state index contributed by atoms with van der Waals surface area (Å²) in [6.07, 6.45) is 0. The lowest BCUT2D eigenvalue weighted by Crippen LogP contribution is -2.01. The van der Waals surface area contributed by atoms with E-state index in [0.717, 1.165) is 16.9 Å². The van der Waals surface area contributed by atoms with Crippen molar-refractivity contribution in [2.24, 2.45) is 0 Å². The van der Waals surface area contributed by atoms with E-state index in [1.54, 1.807) is 12.1 Å². The van der Waals surface area contributed by atoms with Gasteiger partial charge in [-0.1, -0.05) is 6.07 Å². The van der Waals surface area contributed by atoms with Crippen molar-refractivity contribution in [1.82, 2.24) is 4.98 Å². The van der Waals surface area contributed by atoms with E-state index in [1.807, 2.05) is 32.0 Å². The second kappa shape index (κ2) is 5.52. The minimum atomic E-state index is -1.02. The van der Waals surface area contributed by atoms with Crippen molar-refractivity contribution in [2.45, 2.75) is 13.8 Å². The number of carbonyl (C=O) groups is 1. The standard InChI is InChI=1S/C15H15NO3/c1-3-19-11-7-8-12(10(2)9-11)13-5-4-6-14(16-13)15(17)18/h4-9H,3H2,1-2H3,(H,17,18). The average Bonchev–Trinajstić information content (AvgIpc) is 2.39. The van der Waals surface area contributed by atoms with Gasteiger partial charge in [0.25, 0.3) is 0 Å². The number of aromatic nitrogens is 1. The molecule has 1 aromatic carbocycles. The maximum Gasteiger partial charge on any atom is 0.354 e.